The van der Waals surface area contributed by atoms with Crippen LogP contribution in [0, 0.1) is 0 Å². The molecular formula is C16H12Cl2N2S. The third-order valence-electron chi connectivity index (χ3n) is 3.17. The summed E-state index contributed by atoms with van der Waals surface area (Å²) in [6, 6.07) is 14.9. The Hall–Kier alpha value is -1.39. The summed E-state index contributed by atoms with van der Waals surface area (Å²) in [6.45, 7) is 0. The van der Waals surface area contributed by atoms with Crippen LogP contribution in [0.5, 0.6) is 0 Å². The number of rotatable bonds is 3. The molecule has 2 nitrogen and oxygen atoms in total. The van der Waals surface area contributed by atoms with Gasteiger partial charge >= 0.3 is 0 Å². The molecule has 3 rings (SSSR count). The molecule has 0 aliphatic rings. The zero-order valence-corrected chi connectivity index (χ0v) is 13.3. The number of nitrogens with zero attached hydrogens (tertiary/aromatic N) is 1. The van der Waals surface area contributed by atoms with Gasteiger partial charge in [0.25, 0.3) is 0 Å². The first-order chi connectivity index (χ1) is 10.1. The fraction of sp³-hybridized carbons (Fsp3) is 0.0625. The van der Waals surface area contributed by atoms with Crippen molar-refractivity contribution < 1.29 is 0 Å². The van der Waals surface area contributed by atoms with Crippen molar-refractivity contribution in [3.63, 3.8) is 0 Å². The smallest absolute Gasteiger partial charge is 0.115 e. The van der Waals surface area contributed by atoms with Crippen LogP contribution in [0.3, 0.4) is 0 Å². The third-order valence-corrected chi connectivity index (χ3v) is 4.69. The van der Waals surface area contributed by atoms with Crippen LogP contribution in [0.2, 0.25) is 10.0 Å². The lowest BCUT2D eigenvalue weighted by molar-refractivity contribution is 0.859. The van der Waals surface area contributed by atoms with Crippen molar-refractivity contribution >= 4 is 34.5 Å². The van der Waals surface area contributed by atoms with E-state index in [0.29, 0.717) is 10.0 Å². The molecule has 1 unspecified atom stereocenters. The Labute approximate surface area is 137 Å². The summed E-state index contributed by atoms with van der Waals surface area (Å²) in [4.78, 5) is 4.62. The molecule has 21 heavy (non-hydrogen) atoms. The molecule has 0 aliphatic carbocycles. The zero-order chi connectivity index (χ0) is 14.8. The van der Waals surface area contributed by atoms with Gasteiger partial charge in [-0.3, -0.25) is 0 Å². The van der Waals surface area contributed by atoms with Crippen LogP contribution in [0.15, 0.2) is 53.9 Å². The standard InChI is InChI=1S/C16H12Cl2N2S/c17-11-7-5-10(6-8-11)14-9-21-16(20-14)15(19)12-3-1-2-4-13(12)18/h1-9,15H,19H2. The van der Waals surface area contributed by atoms with Crippen LogP contribution in [-0.2, 0) is 0 Å². The van der Waals surface area contributed by atoms with E-state index in [1.165, 1.54) is 11.3 Å². The van der Waals surface area contributed by atoms with E-state index in [0.717, 1.165) is 21.8 Å². The Morgan fingerprint density at radius 3 is 2.43 bits per heavy atom. The van der Waals surface area contributed by atoms with Gasteiger partial charge in [-0.1, -0.05) is 53.5 Å². The fourth-order valence-electron chi connectivity index (χ4n) is 2.04. The second kappa shape index (κ2) is 6.16. The minimum Gasteiger partial charge on any atom is -0.318 e. The van der Waals surface area contributed by atoms with E-state index in [4.69, 9.17) is 28.9 Å². The van der Waals surface area contributed by atoms with Gasteiger partial charge < -0.3 is 5.73 Å². The van der Waals surface area contributed by atoms with Crippen molar-refractivity contribution in [2.75, 3.05) is 0 Å². The summed E-state index contributed by atoms with van der Waals surface area (Å²) in [5, 5.41) is 4.21. The average molecular weight is 335 g/mol. The second-order valence-electron chi connectivity index (χ2n) is 4.58. The maximum Gasteiger partial charge on any atom is 0.115 e. The number of aromatic nitrogens is 1. The lowest BCUT2D eigenvalue weighted by Crippen LogP contribution is -2.12. The van der Waals surface area contributed by atoms with Gasteiger partial charge in [-0.05, 0) is 23.8 Å². The highest BCUT2D eigenvalue weighted by molar-refractivity contribution is 7.10. The predicted molar refractivity (Wildman–Crippen MR) is 90.0 cm³/mol. The topological polar surface area (TPSA) is 38.9 Å². The van der Waals surface area contributed by atoms with E-state index in [1.807, 2.05) is 53.9 Å². The largest absolute Gasteiger partial charge is 0.318 e. The van der Waals surface area contributed by atoms with Crippen molar-refractivity contribution in [2.24, 2.45) is 5.73 Å². The highest BCUT2D eigenvalue weighted by Gasteiger charge is 2.16. The van der Waals surface area contributed by atoms with E-state index in [2.05, 4.69) is 4.98 Å². The number of thiazole rings is 1. The molecule has 3 aromatic rings. The molecule has 1 aromatic heterocycles. The van der Waals surface area contributed by atoms with E-state index in [-0.39, 0.29) is 6.04 Å². The summed E-state index contributed by atoms with van der Waals surface area (Å²) in [5.41, 5.74) is 9.08. The number of halogens is 2. The van der Waals surface area contributed by atoms with Gasteiger partial charge in [-0.15, -0.1) is 11.3 Å². The molecular weight excluding hydrogens is 323 g/mol. The average Bonchev–Trinajstić information content (AvgIpc) is 2.98. The van der Waals surface area contributed by atoms with Gasteiger partial charge in [0.05, 0.1) is 11.7 Å². The maximum absolute atomic E-state index is 6.28. The molecule has 0 amide bonds. The Kier molecular flexibility index (Phi) is 4.27. The van der Waals surface area contributed by atoms with Gasteiger partial charge in [0.2, 0.25) is 0 Å². The molecule has 0 fully saturated rings. The number of nitrogens with two attached hydrogens (primary N) is 1. The summed E-state index contributed by atoms with van der Waals surface area (Å²) in [5.74, 6) is 0. The van der Waals surface area contributed by atoms with Gasteiger partial charge in [0.15, 0.2) is 0 Å². The molecule has 0 aliphatic heterocycles. The molecule has 0 saturated carbocycles. The molecule has 1 atom stereocenters. The molecule has 0 saturated heterocycles. The normalized spacial score (nSPS) is 12.3. The van der Waals surface area contributed by atoms with Crippen molar-refractivity contribution in [2.45, 2.75) is 6.04 Å². The highest BCUT2D eigenvalue weighted by Crippen LogP contribution is 2.31. The first-order valence-corrected chi connectivity index (χ1v) is 8.00. The monoisotopic (exact) mass is 334 g/mol. The predicted octanol–water partition coefficient (Wildman–Crippen LogP) is 5.17. The fourth-order valence-corrected chi connectivity index (χ4v) is 3.27. The van der Waals surface area contributed by atoms with Crippen molar-refractivity contribution in [3.05, 3.63) is 74.5 Å². The molecule has 106 valence electrons. The molecule has 1 heterocycles. The molecule has 2 N–H and O–H groups in total. The Bertz CT molecular complexity index is 753. The summed E-state index contributed by atoms with van der Waals surface area (Å²) in [7, 11) is 0. The Morgan fingerprint density at radius 2 is 1.71 bits per heavy atom. The van der Waals surface area contributed by atoms with Gasteiger partial charge in [0, 0.05) is 21.0 Å². The van der Waals surface area contributed by atoms with Gasteiger partial charge in [0.1, 0.15) is 5.01 Å². The summed E-state index contributed by atoms with van der Waals surface area (Å²) in [6.07, 6.45) is 0. The SMILES string of the molecule is NC(c1nc(-c2ccc(Cl)cc2)cs1)c1ccccc1Cl. The van der Waals surface area contributed by atoms with Crippen LogP contribution in [0.1, 0.15) is 16.6 Å². The minimum atomic E-state index is -0.315. The summed E-state index contributed by atoms with van der Waals surface area (Å²) < 4.78 is 0. The number of hydrogen-bond donors (Lipinski definition) is 1. The first-order valence-electron chi connectivity index (χ1n) is 6.36. The molecule has 5 heteroatoms. The lowest BCUT2D eigenvalue weighted by atomic mass is 10.1. The number of hydrogen-bond acceptors (Lipinski definition) is 3. The molecule has 2 aromatic carbocycles. The zero-order valence-electron chi connectivity index (χ0n) is 11.0. The van der Waals surface area contributed by atoms with Crippen LogP contribution < -0.4 is 5.73 Å². The lowest BCUT2D eigenvalue weighted by Gasteiger charge is -2.10. The highest BCUT2D eigenvalue weighted by atomic mass is 35.5. The van der Waals surface area contributed by atoms with Crippen LogP contribution in [-0.4, -0.2) is 4.98 Å². The van der Waals surface area contributed by atoms with Crippen molar-refractivity contribution in [3.8, 4) is 11.3 Å². The second-order valence-corrected chi connectivity index (χ2v) is 6.31. The van der Waals surface area contributed by atoms with Gasteiger partial charge in [-0.2, -0.15) is 0 Å². The maximum atomic E-state index is 6.28. The van der Waals surface area contributed by atoms with E-state index < -0.39 is 0 Å². The van der Waals surface area contributed by atoms with E-state index in [1.54, 1.807) is 0 Å². The summed E-state index contributed by atoms with van der Waals surface area (Å²) >= 11 is 13.6. The van der Waals surface area contributed by atoms with E-state index in [9.17, 15) is 0 Å². The van der Waals surface area contributed by atoms with Crippen LogP contribution >= 0.6 is 34.5 Å². The van der Waals surface area contributed by atoms with Crippen LogP contribution in [0.25, 0.3) is 11.3 Å². The number of benzene rings is 2. The van der Waals surface area contributed by atoms with Gasteiger partial charge in [-0.25, -0.2) is 4.98 Å². The van der Waals surface area contributed by atoms with Crippen LogP contribution in [0.4, 0.5) is 0 Å². The molecule has 0 bridgehead atoms. The Morgan fingerprint density at radius 1 is 1.00 bits per heavy atom. The first kappa shape index (κ1) is 14.5. The molecule has 0 spiro atoms. The quantitative estimate of drug-likeness (QED) is 0.717. The van der Waals surface area contributed by atoms with E-state index >= 15 is 0 Å². The third kappa shape index (κ3) is 3.11. The molecule has 0 radical (unpaired) electrons. The van der Waals surface area contributed by atoms with Crippen molar-refractivity contribution in [1.82, 2.24) is 4.98 Å². The Balaban J connectivity index is 1.91. The van der Waals surface area contributed by atoms with Crippen molar-refractivity contribution in [1.29, 1.82) is 0 Å². The minimum absolute atomic E-state index is 0.315.